The van der Waals surface area contributed by atoms with Crippen molar-refractivity contribution in [3.05, 3.63) is 64.6 Å². The van der Waals surface area contributed by atoms with Crippen molar-refractivity contribution in [2.75, 3.05) is 52.7 Å². The van der Waals surface area contributed by atoms with E-state index >= 15 is 0 Å². The third-order valence-electron chi connectivity index (χ3n) is 5.86. The third kappa shape index (κ3) is 8.25. The molecule has 0 spiro atoms. The summed E-state index contributed by atoms with van der Waals surface area (Å²) in [5, 5.41) is 16.8. The van der Waals surface area contributed by atoms with E-state index in [4.69, 9.17) is 21.6 Å². The first-order valence-electron chi connectivity index (χ1n) is 12.8. The van der Waals surface area contributed by atoms with Crippen molar-refractivity contribution in [2.24, 2.45) is 7.05 Å². The molecule has 0 aliphatic rings. The number of rotatable bonds is 12. The maximum Gasteiger partial charge on any atom is 0.291 e. The molecule has 2 aromatic carbocycles. The quantitative estimate of drug-likeness (QED) is 0.215. The molecule has 0 bridgehead atoms. The van der Waals surface area contributed by atoms with Gasteiger partial charge in [-0.05, 0) is 36.8 Å². The van der Waals surface area contributed by atoms with Gasteiger partial charge in [0.1, 0.15) is 6.07 Å². The van der Waals surface area contributed by atoms with Gasteiger partial charge in [0.15, 0.2) is 30.5 Å². The fourth-order valence-corrected chi connectivity index (χ4v) is 4.15. The minimum absolute atomic E-state index is 0.0747. The summed E-state index contributed by atoms with van der Waals surface area (Å²) >= 11 is 6.29. The van der Waals surface area contributed by atoms with E-state index in [0.717, 1.165) is 0 Å². The molecule has 0 saturated carbocycles. The van der Waals surface area contributed by atoms with Crippen LogP contribution in [-0.2, 0) is 11.8 Å². The molecular weight excluding hydrogens is 572 g/mol. The Morgan fingerprint density at radius 1 is 1.07 bits per heavy atom. The molecule has 1 heterocycles. The topological polar surface area (TPSA) is 138 Å². The number of amides is 3. The van der Waals surface area contributed by atoms with E-state index in [0.29, 0.717) is 30.5 Å². The van der Waals surface area contributed by atoms with E-state index in [1.165, 1.54) is 48.1 Å². The zero-order chi connectivity index (χ0) is 31.0. The average Bonchev–Trinajstić information content (AvgIpc) is 3.29. The third-order valence-corrected chi connectivity index (χ3v) is 6.17. The van der Waals surface area contributed by atoms with Crippen LogP contribution < -0.4 is 20.7 Å². The van der Waals surface area contributed by atoms with Gasteiger partial charge in [-0.25, -0.2) is 9.37 Å². The van der Waals surface area contributed by atoms with Gasteiger partial charge in [-0.2, -0.15) is 9.65 Å². The van der Waals surface area contributed by atoms with Crippen molar-refractivity contribution in [3.63, 3.8) is 0 Å². The molecule has 0 radical (unpaired) electrons. The summed E-state index contributed by atoms with van der Waals surface area (Å²) in [4.78, 5) is 41.3. The second-order valence-corrected chi connectivity index (χ2v) is 10.7. The second kappa shape index (κ2) is 13.9. The first-order chi connectivity index (χ1) is 19.8. The Balaban J connectivity index is 1.60. The molecule has 3 amide bonds. The fourth-order valence-electron chi connectivity index (χ4n) is 3.89. The number of likely N-dealkylation sites (N-methyl/N-ethyl adjacent to an activating group) is 1. The Bertz CT molecular complexity index is 1530. The maximum absolute atomic E-state index is 14.7. The Labute approximate surface area is 246 Å². The summed E-state index contributed by atoms with van der Waals surface area (Å²) in [6.07, 6.45) is 1.75. The van der Waals surface area contributed by atoms with Crippen LogP contribution in [0.5, 0.6) is 5.75 Å². The van der Waals surface area contributed by atoms with E-state index in [-0.39, 0.29) is 39.3 Å². The number of nitriles is 1. The summed E-state index contributed by atoms with van der Waals surface area (Å²) < 4.78 is 35.8. The normalized spacial score (nSPS) is 11.0. The van der Waals surface area contributed by atoms with Crippen molar-refractivity contribution in [1.29, 1.82) is 5.26 Å². The molecule has 14 heteroatoms. The van der Waals surface area contributed by atoms with Crippen molar-refractivity contribution in [3.8, 4) is 23.1 Å². The van der Waals surface area contributed by atoms with Gasteiger partial charge in [0.05, 0.1) is 43.6 Å². The number of carbonyl (C=O) groups is 3. The summed E-state index contributed by atoms with van der Waals surface area (Å²) in [5.41, 5.74) is 0.446. The van der Waals surface area contributed by atoms with E-state index in [1.807, 2.05) is 21.1 Å². The summed E-state index contributed by atoms with van der Waals surface area (Å²) in [6, 6.07) is 8.46. The number of nitrogens with one attached hydrogen (secondary N) is 3. The van der Waals surface area contributed by atoms with Crippen LogP contribution in [0.25, 0.3) is 11.3 Å². The summed E-state index contributed by atoms with van der Waals surface area (Å²) in [7, 11) is 7.21. The van der Waals surface area contributed by atoms with Gasteiger partial charge < -0.3 is 29.7 Å². The standard InChI is InChI=1S/C28H30ClF2N7O4/c1-37-21(19-8-9-22(42-13-10-32)25(31)24(19)30)15-35-26(37)28(41)36-17-6-7-18(20(29)14-17)27(40)34-12-5-11-33-23(39)16-38(2,3)4/h6-9,14-15H,5,11-13,16H2,1-4H3,(H2-,33,34,36,39,40,41)/p+1. The number of nitrogens with zero attached hydrogens (tertiary/aromatic N) is 4. The molecule has 1 aromatic heterocycles. The number of anilines is 1. The van der Waals surface area contributed by atoms with Crippen LogP contribution in [0, 0.1) is 23.0 Å². The van der Waals surface area contributed by atoms with Gasteiger partial charge in [0, 0.05) is 31.4 Å². The van der Waals surface area contributed by atoms with Crippen LogP contribution in [0.1, 0.15) is 27.4 Å². The van der Waals surface area contributed by atoms with Gasteiger partial charge in [0.25, 0.3) is 17.7 Å². The fraction of sp³-hybridized carbons (Fsp3) is 0.321. The molecule has 3 N–H and O–H groups in total. The molecule has 0 atom stereocenters. The minimum atomic E-state index is -1.27. The Morgan fingerprint density at radius 2 is 1.79 bits per heavy atom. The Hall–Kier alpha value is -4.54. The van der Waals surface area contributed by atoms with E-state index in [2.05, 4.69) is 20.9 Å². The molecule has 222 valence electrons. The van der Waals surface area contributed by atoms with Gasteiger partial charge in [0.2, 0.25) is 5.82 Å². The number of benzene rings is 2. The maximum atomic E-state index is 14.7. The summed E-state index contributed by atoms with van der Waals surface area (Å²) in [6.45, 7) is 0.634. The van der Waals surface area contributed by atoms with Crippen LogP contribution in [0.4, 0.5) is 14.5 Å². The Kier molecular flexibility index (Phi) is 10.6. The lowest BCUT2D eigenvalue weighted by Crippen LogP contribution is -2.44. The molecule has 0 unspecified atom stereocenters. The monoisotopic (exact) mass is 602 g/mol. The minimum Gasteiger partial charge on any atom is -0.476 e. The van der Waals surface area contributed by atoms with Gasteiger partial charge >= 0.3 is 0 Å². The number of quaternary nitrogens is 1. The van der Waals surface area contributed by atoms with Gasteiger partial charge in [-0.3, -0.25) is 14.4 Å². The lowest BCUT2D eigenvalue weighted by Gasteiger charge is -2.22. The largest absolute Gasteiger partial charge is 0.476 e. The SMILES string of the molecule is Cn1c(-c2ccc(OCC#N)c(F)c2F)cnc1C(=O)Nc1ccc(C(=O)NCCCNC(=O)C[N+](C)(C)C)c(Cl)c1. The number of halogens is 3. The first kappa shape index (κ1) is 32.0. The number of aromatic nitrogens is 2. The highest BCUT2D eigenvalue weighted by Gasteiger charge is 2.22. The van der Waals surface area contributed by atoms with Gasteiger partial charge in [-0.15, -0.1) is 0 Å². The zero-order valence-corrected chi connectivity index (χ0v) is 24.3. The van der Waals surface area contributed by atoms with Crippen molar-refractivity contribution >= 4 is 35.0 Å². The molecule has 11 nitrogen and oxygen atoms in total. The summed E-state index contributed by atoms with van der Waals surface area (Å²) in [5.74, 6) is -4.13. The molecule has 42 heavy (non-hydrogen) atoms. The smallest absolute Gasteiger partial charge is 0.291 e. The molecule has 0 aliphatic carbocycles. The zero-order valence-electron chi connectivity index (χ0n) is 23.6. The van der Waals surface area contributed by atoms with Crippen LogP contribution >= 0.6 is 11.6 Å². The molecule has 3 aromatic rings. The number of imidazole rings is 1. The molecular formula is C28H31ClF2N7O4+. The number of hydrogen-bond donors (Lipinski definition) is 3. The van der Waals surface area contributed by atoms with Crippen LogP contribution in [0.2, 0.25) is 5.02 Å². The van der Waals surface area contributed by atoms with Crippen LogP contribution in [0.15, 0.2) is 36.5 Å². The molecule has 0 aliphatic heterocycles. The van der Waals surface area contributed by atoms with E-state index in [1.54, 1.807) is 6.07 Å². The van der Waals surface area contributed by atoms with Crippen LogP contribution in [0.3, 0.4) is 0 Å². The average molecular weight is 603 g/mol. The first-order valence-corrected chi connectivity index (χ1v) is 13.2. The Morgan fingerprint density at radius 3 is 2.45 bits per heavy atom. The molecule has 0 fully saturated rings. The highest BCUT2D eigenvalue weighted by Crippen LogP contribution is 2.30. The number of ether oxygens (including phenoxy) is 1. The van der Waals surface area contributed by atoms with Crippen molar-refractivity contribution in [2.45, 2.75) is 6.42 Å². The lowest BCUT2D eigenvalue weighted by molar-refractivity contribution is -0.862. The molecule has 3 rings (SSSR count). The van der Waals surface area contributed by atoms with Crippen LogP contribution in [-0.4, -0.2) is 79.1 Å². The predicted molar refractivity (Wildman–Crippen MR) is 152 cm³/mol. The van der Waals surface area contributed by atoms with Crippen molar-refractivity contribution in [1.82, 2.24) is 20.2 Å². The highest BCUT2D eigenvalue weighted by molar-refractivity contribution is 6.34. The lowest BCUT2D eigenvalue weighted by atomic mass is 10.1. The number of hydrogen-bond acceptors (Lipinski definition) is 6. The van der Waals surface area contributed by atoms with Crippen molar-refractivity contribution < 1.29 is 32.4 Å². The second-order valence-electron chi connectivity index (χ2n) is 10.3. The highest BCUT2D eigenvalue weighted by atomic mass is 35.5. The number of carbonyl (C=O) groups excluding carboxylic acids is 3. The molecule has 0 saturated heterocycles. The van der Waals surface area contributed by atoms with E-state index < -0.39 is 35.8 Å². The van der Waals surface area contributed by atoms with E-state index in [9.17, 15) is 23.2 Å². The van der Waals surface area contributed by atoms with Gasteiger partial charge in [-0.1, -0.05) is 11.6 Å². The predicted octanol–water partition coefficient (Wildman–Crippen LogP) is 3.12.